The second-order valence-corrected chi connectivity index (χ2v) is 3.68. The van der Waals surface area contributed by atoms with Crippen molar-refractivity contribution in [3.63, 3.8) is 0 Å². The Morgan fingerprint density at radius 2 is 1.81 bits per heavy atom. The summed E-state index contributed by atoms with van der Waals surface area (Å²) in [6.45, 7) is 5.23. The number of unbranched alkanes of at least 4 members (excludes halogenated alkanes) is 4. The Labute approximate surface area is 95.6 Å². The topological polar surface area (TPSA) is 69.4 Å². The zero-order valence-electron chi connectivity index (χ0n) is 9.74. The Hall–Kier alpha value is -1.39. The van der Waals surface area contributed by atoms with Gasteiger partial charge in [0, 0.05) is 13.3 Å². The van der Waals surface area contributed by atoms with E-state index in [1.165, 1.54) is 6.92 Å². The van der Waals surface area contributed by atoms with Crippen LogP contribution in [-0.2, 0) is 9.53 Å². The lowest BCUT2D eigenvalue weighted by Crippen LogP contribution is -2.00. The number of carbonyl (C=O) groups is 1. The maximum Gasteiger partial charge on any atom is 0.302 e. The lowest BCUT2D eigenvalue weighted by atomic mass is 10.1. The fraction of sp³-hybridized carbons (Fsp3) is 0.727. The second kappa shape index (κ2) is 8.88. The highest BCUT2D eigenvalue weighted by Gasteiger charge is 2.04. The lowest BCUT2D eigenvalue weighted by Gasteiger charge is -2.01. The zero-order chi connectivity index (χ0) is 12.4. The van der Waals surface area contributed by atoms with Gasteiger partial charge in [0.05, 0.1) is 11.5 Å². The SMILES string of the molecule is C=C(CCCCCCCOC(C)=O)[N+](=O)[O-]. The molecule has 0 saturated carbocycles. The molecule has 0 aromatic carbocycles. The molecule has 0 amide bonds. The summed E-state index contributed by atoms with van der Waals surface area (Å²) < 4.78 is 4.78. The highest BCUT2D eigenvalue weighted by Crippen LogP contribution is 2.10. The first-order chi connectivity index (χ1) is 7.54. The standard InChI is InChI=1S/C11H19NO4/c1-10(12(14)15)8-6-4-3-5-7-9-16-11(2)13/h1,3-9H2,2H3. The Kier molecular flexibility index (Phi) is 8.11. The van der Waals surface area contributed by atoms with Gasteiger partial charge in [0.2, 0.25) is 5.70 Å². The van der Waals surface area contributed by atoms with Gasteiger partial charge in [-0.05, 0) is 19.4 Å². The molecule has 0 aliphatic rings. The van der Waals surface area contributed by atoms with Gasteiger partial charge in [0.1, 0.15) is 0 Å². The molecule has 0 saturated heterocycles. The van der Waals surface area contributed by atoms with Crippen LogP contribution >= 0.6 is 0 Å². The molecular weight excluding hydrogens is 210 g/mol. The van der Waals surface area contributed by atoms with E-state index in [2.05, 4.69) is 6.58 Å². The summed E-state index contributed by atoms with van der Waals surface area (Å²) in [5.74, 6) is -0.248. The molecule has 0 bridgehead atoms. The van der Waals surface area contributed by atoms with Crippen LogP contribution in [0.3, 0.4) is 0 Å². The highest BCUT2D eigenvalue weighted by atomic mass is 16.6. The minimum absolute atomic E-state index is 0.0833. The third kappa shape index (κ3) is 9.18. The van der Waals surface area contributed by atoms with Gasteiger partial charge in [-0.2, -0.15) is 0 Å². The molecule has 0 atom stereocenters. The average Bonchev–Trinajstić information content (AvgIpc) is 2.21. The number of nitrogens with zero attached hydrogens (tertiary/aromatic N) is 1. The molecule has 16 heavy (non-hydrogen) atoms. The van der Waals surface area contributed by atoms with E-state index in [0.717, 1.165) is 32.1 Å². The third-order valence-electron chi connectivity index (χ3n) is 2.17. The summed E-state index contributed by atoms with van der Waals surface area (Å²) in [6.07, 6.45) is 5.05. The first-order valence-corrected chi connectivity index (χ1v) is 5.49. The fourth-order valence-electron chi connectivity index (χ4n) is 1.27. The number of rotatable bonds is 9. The summed E-state index contributed by atoms with van der Waals surface area (Å²) in [7, 11) is 0. The smallest absolute Gasteiger partial charge is 0.302 e. The van der Waals surface area contributed by atoms with Gasteiger partial charge in [0.25, 0.3) is 0 Å². The van der Waals surface area contributed by atoms with Crippen molar-refractivity contribution in [3.05, 3.63) is 22.4 Å². The monoisotopic (exact) mass is 229 g/mol. The number of hydrogen-bond acceptors (Lipinski definition) is 4. The zero-order valence-corrected chi connectivity index (χ0v) is 9.74. The van der Waals surface area contributed by atoms with Crippen molar-refractivity contribution in [2.24, 2.45) is 0 Å². The van der Waals surface area contributed by atoms with Gasteiger partial charge < -0.3 is 4.74 Å². The van der Waals surface area contributed by atoms with E-state index in [9.17, 15) is 14.9 Å². The minimum atomic E-state index is -0.430. The van der Waals surface area contributed by atoms with E-state index in [-0.39, 0.29) is 11.7 Å². The molecule has 0 aromatic rings. The summed E-state index contributed by atoms with van der Waals surface area (Å²) in [5.41, 5.74) is 0.0833. The van der Waals surface area contributed by atoms with Crippen molar-refractivity contribution in [3.8, 4) is 0 Å². The number of carbonyl (C=O) groups excluding carboxylic acids is 1. The number of hydrogen-bond donors (Lipinski definition) is 0. The van der Waals surface area contributed by atoms with Crippen LogP contribution in [0.5, 0.6) is 0 Å². The largest absolute Gasteiger partial charge is 0.466 e. The van der Waals surface area contributed by atoms with Crippen molar-refractivity contribution in [1.82, 2.24) is 0 Å². The van der Waals surface area contributed by atoms with Crippen LogP contribution in [-0.4, -0.2) is 17.5 Å². The molecule has 0 unspecified atom stereocenters. The average molecular weight is 229 g/mol. The van der Waals surface area contributed by atoms with E-state index < -0.39 is 4.92 Å². The van der Waals surface area contributed by atoms with Crippen molar-refractivity contribution in [1.29, 1.82) is 0 Å². The fourth-order valence-corrected chi connectivity index (χ4v) is 1.27. The van der Waals surface area contributed by atoms with E-state index in [4.69, 9.17) is 4.74 Å². The normalized spacial score (nSPS) is 9.81. The number of allylic oxidation sites excluding steroid dienone is 1. The summed E-state index contributed by atoms with van der Waals surface area (Å²) in [6, 6.07) is 0. The molecule has 0 aromatic heterocycles. The van der Waals surface area contributed by atoms with E-state index in [0.29, 0.717) is 13.0 Å². The first kappa shape index (κ1) is 14.6. The molecular formula is C11H19NO4. The number of nitro groups is 1. The minimum Gasteiger partial charge on any atom is -0.466 e. The van der Waals surface area contributed by atoms with Crippen molar-refractivity contribution in [2.45, 2.75) is 45.4 Å². The van der Waals surface area contributed by atoms with Gasteiger partial charge >= 0.3 is 5.97 Å². The molecule has 0 radical (unpaired) electrons. The van der Waals surface area contributed by atoms with Crippen molar-refractivity contribution < 1.29 is 14.5 Å². The summed E-state index contributed by atoms with van der Waals surface area (Å²) in [4.78, 5) is 20.2. The molecule has 0 aliphatic carbocycles. The Morgan fingerprint density at radius 1 is 1.25 bits per heavy atom. The van der Waals surface area contributed by atoms with Crippen LogP contribution < -0.4 is 0 Å². The molecule has 0 fully saturated rings. The van der Waals surface area contributed by atoms with Crippen molar-refractivity contribution in [2.75, 3.05) is 6.61 Å². The maximum atomic E-state index is 10.4. The van der Waals surface area contributed by atoms with E-state index in [1.54, 1.807) is 0 Å². The van der Waals surface area contributed by atoms with Crippen LogP contribution in [0.25, 0.3) is 0 Å². The van der Waals surface area contributed by atoms with Gasteiger partial charge in [-0.1, -0.05) is 19.3 Å². The molecule has 0 aliphatic heterocycles. The predicted octanol–water partition coefficient (Wildman–Crippen LogP) is 2.68. The summed E-state index contributed by atoms with van der Waals surface area (Å²) in [5, 5.41) is 10.2. The number of ether oxygens (including phenoxy) is 1. The molecule has 0 N–H and O–H groups in total. The maximum absolute atomic E-state index is 10.4. The van der Waals surface area contributed by atoms with Gasteiger partial charge in [-0.15, -0.1) is 0 Å². The molecule has 92 valence electrons. The van der Waals surface area contributed by atoms with Crippen LogP contribution in [0.4, 0.5) is 0 Å². The predicted molar refractivity (Wildman–Crippen MR) is 60.5 cm³/mol. The molecule has 5 heteroatoms. The van der Waals surface area contributed by atoms with E-state index >= 15 is 0 Å². The van der Waals surface area contributed by atoms with Crippen LogP contribution in [0, 0.1) is 10.1 Å². The molecule has 0 spiro atoms. The summed E-state index contributed by atoms with van der Waals surface area (Å²) >= 11 is 0. The molecule has 5 nitrogen and oxygen atoms in total. The third-order valence-corrected chi connectivity index (χ3v) is 2.17. The van der Waals surface area contributed by atoms with Gasteiger partial charge in [-0.3, -0.25) is 14.9 Å². The molecule has 0 rings (SSSR count). The van der Waals surface area contributed by atoms with Gasteiger partial charge in [-0.25, -0.2) is 0 Å². The highest BCUT2D eigenvalue weighted by molar-refractivity contribution is 5.65. The molecule has 0 heterocycles. The first-order valence-electron chi connectivity index (χ1n) is 5.49. The van der Waals surface area contributed by atoms with Crippen molar-refractivity contribution >= 4 is 5.97 Å². The van der Waals surface area contributed by atoms with E-state index in [1.807, 2.05) is 0 Å². The quantitative estimate of drug-likeness (QED) is 0.264. The Balaban J connectivity index is 3.19. The Bertz CT molecular complexity index is 250. The second-order valence-electron chi connectivity index (χ2n) is 3.68. The van der Waals surface area contributed by atoms with Crippen LogP contribution in [0.2, 0.25) is 0 Å². The lowest BCUT2D eigenvalue weighted by molar-refractivity contribution is -0.427. The van der Waals surface area contributed by atoms with Crippen LogP contribution in [0.15, 0.2) is 12.3 Å². The number of esters is 1. The van der Waals surface area contributed by atoms with Gasteiger partial charge in [0.15, 0.2) is 0 Å². The van der Waals surface area contributed by atoms with Crippen LogP contribution in [0.1, 0.15) is 45.4 Å². The Morgan fingerprint density at radius 3 is 2.38 bits per heavy atom.